The highest BCUT2D eigenvalue weighted by molar-refractivity contribution is 14.1. The minimum Gasteiger partial charge on any atom is -0.490 e. The SMILES string of the molecule is CCOc1cc(/C=C(\C#N)C(=O)Nc2cccc(I)c2)ccc1OCc1ccc(Cl)cc1. The summed E-state index contributed by atoms with van der Waals surface area (Å²) in [4.78, 5) is 12.6. The van der Waals surface area contributed by atoms with Gasteiger partial charge in [0.25, 0.3) is 5.91 Å². The Kier molecular flexibility index (Phi) is 8.54. The third-order valence-electron chi connectivity index (χ3n) is 4.33. The molecule has 1 amide bonds. The van der Waals surface area contributed by atoms with E-state index in [2.05, 4.69) is 27.9 Å². The van der Waals surface area contributed by atoms with Crippen LogP contribution in [0.2, 0.25) is 5.02 Å². The van der Waals surface area contributed by atoms with E-state index in [-0.39, 0.29) is 5.57 Å². The Hall–Kier alpha value is -3.02. The molecule has 0 aromatic heterocycles. The van der Waals surface area contributed by atoms with Crippen molar-refractivity contribution in [3.05, 3.63) is 92.0 Å². The molecule has 0 aliphatic rings. The van der Waals surface area contributed by atoms with Gasteiger partial charge in [0.05, 0.1) is 6.61 Å². The molecule has 0 radical (unpaired) electrons. The quantitative estimate of drug-likeness (QED) is 0.195. The van der Waals surface area contributed by atoms with E-state index in [1.807, 2.05) is 55.5 Å². The van der Waals surface area contributed by atoms with Gasteiger partial charge in [-0.1, -0.05) is 35.9 Å². The first-order chi connectivity index (χ1) is 15.5. The lowest BCUT2D eigenvalue weighted by molar-refractivity contribution is -0.112. The number of benzene rings is 3. The zero-order valence-electron chi connectivity index (χ0n) is 17.3. The number of carbonyl (C=O) groups is 1. The molecule has 0 atom stereocenters. The van der Waals surface area contributed by atoms with Crippen molar-refractivity contribution < 1.29 is 14.3 Å². The Morgan fingerprint density at radius 1 is 1.09 bits per heavy atom. The predicted molar refractivity (Wildman–Crippen MR) is 135 cm³/mol. The van der Waals surface area contributed by atoms with E-state index in [4.69, 9.17) is 21.1 Å². The number of hydrogen-bond acceptors (Lipinski definition) is 4. The van der Waals surface area contributed by atoms with Gasteiger partial charge in [0, 0.05) is 14.3 Å². The van der Waals surface area contributed by atoms with Gasteiger partial charge < -0.3 is 14.8 Å². The largest absolute Gasteiger partial charge is 0.490 e. The van der Waals surface area contributed by atoms with E-state index < -0.39 is 5.91 Å². The summed E-state index contributed by atoms with van der Waals surface area (Å²) in [5.41, 5.74) is 2.24. The van der Waals surface area contributed by atoms with Crippen LogP contribution in [0.5, 0.6) is 11.5 Å². The molecule has 0 saturated heterocycles. The zero-order chi connectivity index (χ0) is 22.9. The maximum absolute atomic E-state index is 12.6. The van der Waals surface area contributed by atoms with Crippen LogP contribution in [0.25, 0.3) is 6.08 Å². The second kappa shape index (κ2) is 11.6. The molecule has 3 rings (SSSR count). The molecule has 0 fully saturated rings. The fourth-order valence-electron chi connectivity index (χ4n) is 2.82. The Labute approximate surface area is 205 Å². The number of hydrogen-bond donors (Lipinski definition) is 1. The van der Waals surface area contributed by atoms with Crippen LogP contribution >= 0.6 is 34.2 Å². The average Bonchev–Trinajstić information content (AvgIpc) is 2.78. The molecule has 3 aromatic rings. The van der Waals surface area contributed by atoms with Crippen LogP contribution in [-0.2, 0) is 11.4 Å². The maximum atomic E-state index is 12.6. The van der Waals surface area contributed by atoms with Crippen molar-refractivity contribution in [1.82, 2.24) is 0 Å². The molecule has 5 nitrogen and oxygen atoms in total. The van der Waals surface area contributed by atoms with Gasteiger partial charge in [0.2, 0.25) is 0 Å². The highest BCUT2D eigenvalue weighted by Crippen LogP contribution is 2.30. The first-order valence-electron chi connectivity index (χ1n) is 9.81. The van der Waals surface area contributed by atoms with Gasteiger partial charge in [-0.2, -0.15) is 5.26 Å². The Morgan fingerprint density at radius 3 is 2.56 bits per heavy atom. The van der Waals surface area contributed by atoms with Gasteiger partial charge in [0.1, 0.15) is 18.2 Å². The van der Waals surface area contributed by atoms with Crippen LogP contribution in [-0.4, -0.2) is 12.5 Å². The zero-order valence-corrected chi connectivity index (χ0v) is 20.2. The van der Waals surface area contributed by atoms with Gasteiger partial charge >= 0.3 is 0 Å². The molecule has 0 unspecified atom stereocenters. The minimum absolute atomic E-state index is 0.0128. The van der Waals surface area contributed by atoms with Gasteiger partial charge in [-0.05, 0) is 89.2 Å². The normalized spacial score (nSPS) is 10.9. The summed E-state index contributed by atoms with van der Waals surface area (Å²) in [5.74, 6) is 0.627. The first kappa shape index (κ1) is 23.6. The summed E-state index contributed by atoms with van der Waals surface area (Å²) in [7, 11) is 0. The van der Waals surface area contributed by atoms with Crippen LogP contribution < -0.4 is 14.8 Å². The smallest absolute Gasteiger partial charge is 0.266 e. The van der Waals surface area contributed by atoms with Crippen LogP contribution in [0.3, 0.4) is 0 Å². The van der Waals surface area contributed by atoms with Crippen LogP contribution in [0.4, 0.5) is 5.69 Å². The van der Waals surface area contributed by atoms with Crippen molar-refractivity contribution in [3.8, 4) is 17.6 Å². The molecule has 0 heterocycles. The molecular formula is C25H20ClIN2O3. The standard InChI is InChI=1S/C25H20ClIN2O3/c1-2-31-24-13-18(8-11-23(24)32-16-17-6-9-20(26)10-7-17)12-19(15-28)25(30)29-22-5-3-4-21(27)14-22/h3-14H,2,16H2,1H3,(H,29,30)/b19-12+. The van der Waals surface area contributed by atoms with E-state index in [1.54, 1.807) is 24.3 Å². The summed E-state index contributed by atoms with van der Waals surface area (Å²) in [6.07, 6.45) is 1.52. The molecular weight excluding hydrogens is 539 g/mol. The fraction of sp³-hybridized carbons (Fsp3) is 0.120. The fourth-order valence-corrected chi connectivity index (χ4v) is 3.49. The van der Waals surface area contributed by atoms with E-state index in [9.17, 15) is 10.1 Å². The van der Waals surface area contributed by atoms with E-state index in [1.165, 1.54) is 6.08 Å². The number of nitrogens with zero attached hydrogens (tertiary/aromatic N) is 1. The Bertz CT molecular complexity index is 1170. The molecule has 7 heteroatoms. The second-order valence-electron chi connectivity index (χ2n) is 6.69. The monoisotopic (exact) mass is 558 g/mol. The third kappa shape index (κ3) is 6.74. The maximum Gasteiger partial charge on any atom is 0.266 e. The lowest BCUT2D eigenvalue weighted by atomic mass is 10.1. The van der Waals surface area contributed by atoms with Crippen molar-refractivity contribution in [3.63, 3.8) is 0 Å². The van der Waals surface area contributed by atoms with Crippen LogP contribution in [0, 0.1) is 14.9 Å². The summed E-state index contributed by atoms with van der Waals surface area (Å²) < 4.78 is 12.6. The van der Waals surface area contributed by atoms with E-state index in [0.717, 1.165) is 9.13 Å². The average molecular weight is 559 g/mol. The Balaban J connectivity index is 1.77. The number of carbonyl (C=O) groups excluding carboxylic acids is 1. The summed E-state index contributed by atoms with van der Waals surface area (Å²) in [5, 5.41) is 12.9. The number of nitriles is 1. The molecule has 32 heavy (non-hydrogen) atoms. The van der Waals surface area contributed by atoms with Crippen LogP contribution in [0.15, 0.2) is 72.3 Å². The number of amides is 1. The number of halogens is 2. The van der Waals surface area contributed by atoms with Crippen molar-refractivity contribution >= 4 is 51.9 Å². The first-order valence-corrected chi connectivity index (χ1v) is 11.3. The highest BCUT2D eigenvalue weighted by Gasteiger charge is 2.12. The van der Waals surface area contributed by atoms with E-state index in [0.29, 0.717) is 41.0 Å². The number of anilines is 1. The molecule has 0 saturated carbocycles. The molecule has 0 aliphatic heterocycles. The topological polar surface area (TPSA) is 71.3 Å². The Morgan fingerprint density at radius 2 is 1.88 bits per heavy atom. The highest BCUT2D eigenvalue weighted by atomic mass is 127. The van der Waals surface area contributed by atoms with Gasteiger partial charge in [0.15, 0.2) is 11.5 Å². The van der Waals surface area contributed by atoms with Crippen molar-refractivity contribution in [2.24, 2.45) is 0 Å². The molecule has 3 aromatic carbocycles. The molecule has 0 aliphatic carbocycles. The number of ether oxygens (including phenoxy) is 2. The van der Waals surface area contributed by atoms with Gasteiger partial charge in [-0.25, -0.2) is 0 Å². The molecule has 0 bridgehead atoms. The van der Waals surface area contributed by atoms with Crippen molar-refractivity contribution in [2.45, 2.75) is 13.5 Å². The van der Waals surface area contributed by atoms with Gasteiger partial charge in [-0.15, -0.1) is 0 Å². The predicted octanol–water partition coefficient (Wildman–Crippen LogP) is 6.47. The number of rotatable bonds is 8. The van der Waals surface area contributed by atoms with Gasteiger partial charge in [-0.3, -0.25) is 4.79 Å². The summed E-state index contributed by atoms with van der Waals surface area (Å²) >= 11 is 8.08. The summed E-state index contributed by atoms with van der Waals surface area (Å²) in [6.45, 7) is 2.68. The lowest BCUT2D eigenvalue weighted by Gasteiger charge is -2.13. The molecule has 162 valence electrons. The second-order valence-corrected chi connectivity index (χ2v) is 8.37. The minimum atomic E-state index is -0.476. The third-order valence-corrected chi connectivity index (χ3v) is 5.26. The van der Waals surface area contributed by atoms with Crippen molar-refractivity contribution in [2.75, 3.05) is 11.9 Å². The molecule has 1 N–H and O–H groups in total. The number of nitrogens with one attached hydrogen (secondary N) is 1. The molecule has 0 spiro atoms. The van der Waals surface area contributed by atoms with Crippen LogP contribution in [0.1, 0.15) is 18.1 Å². The van der Waals surface area contributed by atoms with Crippen molar-refractivity contribution in [1.29, 1.82) is 5.26 Å². The lowest BCUT2D eigenvalue weighted by Crippen LogP contribution is -2.13. The van der Waals surface area contributed by atoms with E-state index >= 15 is 0 Å². The summed E-state index contributed by atoms with van der Waals surface area (Å²) in [6, 6.07) is 22.0.